The van der Waals surface area contributed by atoms with Crippen molar-refractivity contribution in [2.24, 2.45) is 16.8 Å². The molecule has 0 bridgehead atoms. The molecule has 0 spiro atoms. The maximum Gasteiger partial charge on any atom is 0.407 e. The number of carbonyl (C=O) groups excluding carboxylic acids is 4. The number of imidazole rings is 1. The molecule has 2 fully saturated rings. The van der Waals surface area contributed by atoms with Crippen molar-refractivity contribution in [1.82, 2.24) is 30.4 Å². The van der Waals surface area contributed by atoms with Crippen molar-refractivity contribution in [3.63, 3.8) is 0 Å². The number of carbonyl (C=O) groups is 4. The van der Waals surface area contributed by atoms with E-state index in [-0.39, 0.29) is 35.7 Å². The quantitative estimate of drug-likeness (QED) is 0.240. The summed E-state index contributed by atoms with van der Waals surface area (Å²) >= 11 is 0. The fourth-order valence-corrected chi connectivity index (χ4v) is 7.54. The summed E-state index contributed by atoms with van der Waals surface area (Å²) in [6.45, 7) is 8.85. The number of aromatic nitrogens is 2. The standard InChI is InChI=1S/C39H49N7O6/c1-22(2)33(43-38(49)51-5)36(47)45-17-7-9-31(45)29-20-27-19-26(15-16-28(27)41-29)24-11-13-25(14-12-24)30-21-40-35(42-30)32-10-8-18-46(32)37(48)34(23(3)4)44-39(50)52-6/h11-16,19,21-23,31-34H,7-10,17-18,20H2,1-6H3,(H,40,42)(H,43,49)(H,44,50)/t31-,32-,33-,34-/m0/s1. The number of likely N-dealkylation sites (tertiary alicyclic amines) is 2. The second-order valence-electron chi connectivity index (χ2n) is 14.5. The monoisotopic (exact) mass is 711 g/mol. The normalized spacial score (nSPS) is 19.3. The second kappa shape index (κ2) is 15.6. The lowest BCUT2D eigenvalue weighted by Crippen LogP contribution is -2.53. The summed E-state index contributed by atoms with van der Waals surface area (Å²) in [7, 11) is 2.59. The number of hydrogen-bond donors (Lipinski definition) is 3. The van der Waals surface area contributed by atoms with Crippen LogP contribution in [0.4, 0.5) is 15.3 Å². The summed E-state index contributed by atoms with van der Waals surface area (Å²) in [4.78, 5) is 67.8. The van der Waals surface area contributed by atoms with E-state index in [1.165, 1.54) is 14.2 Å². The van der Waals surface area contributed by atoms with Crippen LogP contribution in [-0.2, 0) is 25.5 Å². The highest BCUT2D eigenvalue weighted by atomic mass is 16.5. The average Bonchev–Trinajstić information content (AvgIpc) is 3.97. The first-order chi connectivity index (χ1) is 25.0. The van der Waals surface area contributed by atoms with Gasteiger partial charge in [-0.25, -0.2) is 14.6 Å². The minimum atomic E-state index is -0.687. The molecule has 3 N–H and O–H groups in total. The van der Waals surface area contributed by atoms with Crippen LogP contribution < -0.4 is 10.6 Å². The molecule has 13 heteroatoms. The number of ether oxygens (including phenoxy) is 2. The summed E-state index contributed by atoms with van der Waals surface area (Å²) < 4.78 is 9.52. The number of methoxy groups -OCH3 is 2. The largest absolute Gasteiger partial charge is 0.453 e. The van der Waals surface area contributed by atoms with Crippen LogP contribution in [0.25, 0.3) is 22.4 Å². The van der Waals surface area contributed by atoms with Crippen molar-refractivity contribution in [1.29, 1.82) is 0 Å². The molecule has 3 aliphatic rings. The first-order valence-corrected chi connectivity index (χ1v) is 18.1. The van der Waals surface area contributed by atoms with Gasteiger partial charge in [0.2, 0.25) is 11.8 Å². The van der Waals surface area contributed by atoms with Gasteiger partial charge in [0, 0.05) is 25.2 Å². The Labute approximate surface area is 304 Å². The molecule has 4 heterocycles. The molecule has 4 amide bonds. The zero-order valence-electron chi connectivity index (χ0n) is 30.8. The molecule has 6 rings (SSSR count). The molecule has 276 valence electrons. The van der Waals surface area contributed by atoms with Crippen molar-refractivity contribution in [3.8, 4) is 22.4 Å². The van der Waals surface area contributed by atoms with Gasteiger partial charge < -0.3 is 34.9 Å². The number of amides is 4. The Morgan fingerprint density at radius 2 is 1.31 bits per heavy atom. The number of nitrogens with zero attached hydrogens (tertiary/aromatic N) is 4. The highest BCUT2D eigenvalue weighted by molar-refractivity contribution is 6.01. The average molecular weight is 712 g/mol. The lowest BCUT2D eigenvalue weighted by Gasteiger charge is -2.30. The zero-order valence-corrected chi connectivity index (χ0v) is 30.8. The Kier molecular flexibility index (Phi) is 11.0. The van der Waals surface area contributed by atoms with Crippen molar-refractivity contribution < 1.29 is 28.7 Å². The number of alkyl carbamates (subject to hydrolysis) is 2. The highest BCUT2D eigenvalue weighted by Crippen LogP contribution is 2.36. The number of aliphatic imine (C=N–C) groups is 1. The minimum absolute atomic E-state index is 0.0889. The van der Waals surface area contributed by atoms with Crippen LogP contribution in [0.5, 0.6) is 0 Å². The van der Waals surface area contributed by atoms with Gasteiger partial charge in [0.05, 0.1) is 43.9 Å². The third-order valence-electron chi connectivity index (χ3n) is 10.4. The molecule has 0 unspecified atom stereocenters. The molecule has 0 radical (unpaired) electrons. The molecule has 3 aliphatic heterocycles. The molecule has 4 atom stereocenters. The summed E-state index contributed by atoms with van der Waals surface area (Å²) in [5, 5.41) is 5.41. The molecule has 13 nitrogen and oxygen atoms in total. The summed E-state index contributed by atoms with van der Waals surface area (Å²) in [6.07, 6.45) is 4.59. The van der Waals surface area contributed by atoms with Gasteiger partial charge in [0.15, 0.2) is 0 Å². The van der Waals surface area contributed by atoms with Crippen LogP contribution in [0.15, 0.2) is 53.7 Å². The Morgan fingerprint density at radius 1 is 0.769 bits per heavy atom. The predicted molar refractivity (Wildman–Crippen MR) is 197 cm³/mol. The van der Waals surface area contributed by atoms with Crippen LogP contribution in [0.1, 0.15) is 70.8 Å². The fourth-order valence-electron chi connectivity index (χ4n) is 7.54. The maximum absolute atomic E-state index is 13.6. The summed E-state index contributed by atoms with van der Waals surface area (Å²) in [5.41, 5.74) is 7.01. The van der Waals surface area contributed by atoms with E-state index < -0.39 is 24.3 Å². The maximum atomic E-state index is 13.6. The number of H-pyrrole nitrogens is 1. The molecule has 2 aromatic carbocycles. The number of hydrogen-bond acceptors (Lipinski definition) is 8. The van der Waals surface area contributed by atoms with E-state index in [0.717, 1.165) is 70.9 Å². The van der Waals surface area contributed by atoms with Gasteiger partial charge in [0.25, 0.3) is 0 Å². The fraction of sp³-hybridized carbons (Fsp3) is 0.487. The second-order valence-corrected chi connectivity index (χ2v) is 14.5. The first-order valence-electron chi connectivity index (χ1n) is 18.1. The van der Waals surface area contributed by atoms with E-state index in [2.05, 4.69) is 57.0 Å². The van der Waals surface area contributed by atoms with E-state index in [0.29, 0.717) is 19.5 Å². The first kappa shape index (κ1) is 36.6. The van der Waals surface area contributed by atoms with Gasteiger partial charge in [-0.3, -0.25) is 14.6 Å². The highest BCUT2D eigenvalue weighted by Gasteiger charge is 2.39. The minimum Gasteiger partial charge on any atom is -0.453 e. The molecule has 0 aliphatic carbocycles. The van der Waals surface area contributed by atoms with Crippen molar-refractivity contribution in [2.75, 3.05) is 27.3 Å². The summed E-state index contributed by atoms with van der Waals surface area (Å²) in [5.74, 6) is 0.288. The molecular weight excluding hydrogens is 662 g/mol. The molecule has 3 aromatic rings. The van der Waals surface area contributed by atoms with Crippen LogP contribution in [0.3, 0.4) is 0 Å². The van der Waals surface area contributed by atoms with E-state index >= 15 is 0 Å². The van der Waals surface area contributed by atoms with Gasteiger partial charge in [-0.15, -0.1) is 0 Å². The SMILES string of the molecule is COC(=O)N[C@H](C(=O)N1CCC[C@H]1C1=Nc2ccc(-c3ccc(-c4cnc([C@@H]5CCCN5C(=O)[C@@H](NC(=O)OC)C(C)C)[nH]4)cc3)cc2C1)C(C)C. The predicted octanol–water partition coefficient (Wildman–Crippen LogP) is 5.79. The Morgan fingerprint density at radius 3 is 1.88 bits per heavy atom. The third kappa shape index (κ3) is 7.54. The van der Waals surface area contributed by atoms with Crippen molar-refractivity contribution in [3.05, 3.63) is 60.0 Å². The zero-order chi connectivity index (χ0) is 37.1. The van der Waals surface area contributed by atoms with Crippen LogP contribution in [0, 0.1) is 11.8 Å². The van der Waals surface area contributed by atoms with Gasteiger partial charge >= 0.3 is 12.2 Å². The van der Waals surface area contributed by atoms with E-state index in [1.54, 1.807) is 6.20 Å². The van der Waals surface area contributed by atoms with Crippen molar-refractivity contribution >= 4 is 35.4 Å². The van der Waals surface area contributed by atoms with Crippen LogP contribution in [0.2, 0.25) is 0 Å². The van der Waals surface area contributed by atoms with Gasteiger partial charge in [-0.05, 0) is 71.9 Å². The van der Waals surface area contributed by atoms with Crippen molar-refractivity contribution in [2.45, 2.75) is 84.0 Å². The van der Waals surface area contributed by atoms with E-state index in [9.17, 15) is 19.2 Å². The lowest BCUT2D eigenvalue weighted by atomic mass is 9.97. The van der Waals surface area contributed by atoms with E-state index in [1.807, 2.05) is 43.6 Å². The Hall–Kier alpha value is -5.20. The van der Waals surface area contributed by atoms with Crippen LogP contribution in [-0.4, -0.2) is 94.9 Å². The number of aromatic amines is 1. The van der Waals surface area contributed by atoms with E-state index in [4.69, 9.17) is 14.5 Å². The summed E-state index contributed by atoms with van der Waals surface area (Å²) in [6, 6.07) is 12.9. The van der Waals surface area contributed by atoms with Gasteiger partial charge in [-0.1, -0.05) is 58.0 Å². The smallest absolute Gasteiger partial charge is 0.407 e. The third-order valence-corrected chi connectivity index (χ3v) is 10.4. The van der Waals surface area contributed by atoms with Gasteiger partial charge in [0.1, 0.15) is 17.9 Å². The van der Waals surface area contributed by atoms with Gasteiger partial charge in [-0.2, -0.15) is 0 Å². The number of fused-ring (bicyclic) bond motifs is 1. The Balaban J connectivity index is 1.12. The van der Waals surface area contributed by atoms with Crippen LogP contribution >= 0.6 is 0 Å². The molecule has 0 saturated carbocycles. The molecule has 2 saturated heterocycles. The number of nitrogens with one attached hydrogen (secondary N) is 3. The Bertz CT molecular complexity index is 1830. The molecular formula is C39H49N7O6. The molecule has 1 aromatic heterocycles. The number of benzene rings is 2. The topological polar surface area (TPSA) is 158 Å². The molecule has 52 heavy (non-hydrogen) atoms. The number of rotatable bonds is 10. The lowest BCUT2D eigenvalue weighted by molar-refractivity contribution is -0.135.